The summed E-state index contributed by atoms with van der Waals surface area (Å²) in [7, 11) is 1.81. The van der Waals surface area contributed by atoms with Crippen molar-refractivity contribution in [2.45, 2.75) is 44.9 Å². The van der Waals surface area contributed by atoms with Crippen LogP contribution in [0, 0.1) is 0 Å². The SMILES string of the molecule is CN=C(NCc1ccc(CN2CCC(O)CC2)cc1)NCC(C)c1ccccc1.I. The van der Waals surface area contributed by atoms with Crippen LogP contribution in [0.5, 0.6) is 0 Å². The lowest BCUT2D eigenvalue weighted by atomic mass is 10.0. The highest BCUT2D eigenvalue weighted by Gasteiger charge is 2.16. The Morgan fingerprint density at radius 2 is 1.67 bits per heavy atom. The first-order valence-electron chi connectivity index (χ1n) is 10.6. The number of hydrogen-bond donors (Lipinski definition) is 3. The number of aliphatic imine (C=N–C) groups is 1. The quantitative estimate of drug-likeness (QED) is 0.295. The predicted molar refractivity (Wildman–Crippen MR) is 135 cm³/mol. The number of piperidine rings is 1. The molecule has 1 fully saturated rings. The Hall–Kier alpha value is -1.64. The molecule has 0 amide bonds. The third kappa shape index (κ3) is 7.89. The van der Waals surface area contributed by atoms with E-state index in [1.807, 2.05) is 6.07 Å². The van der Waals surface area contributed by atoms with Gasteiger partial charge in [0.05, 0.1) is 6.10 Å². The van der Waals surface area contributed by atoms with Crippen LogP contribution < -0.4 is 10.6 Å². The molecule has 6 heteroatoms. The number of benzene rings is 2. The lowest BCUT2D eigenvalue weighted by Crippen LogP contribution is -2.38. The smallest absolute Gasteiger partial charge is 0.191 e. The average Bonchev–Trinajstić information content (AvgIpc) is 2.77. The summed E-state index contributed by atoms with van der Waals surface area (Å²) in [6.07, 6.45) is 1.66. The Balaban J connectivity index is 0.00000320. The zero-order valence-electron chi connectivity index (χ0n) is 18.1. The Kier molecular flexibility index (Phi) is 10.6. The second kappa shape index (κ2) is 12.9. The van der Waals surface area contributed by atoms with Crippen molar-refractivity contribution in [2.75, 3.05) is 26.7 Å². The molecule has 2 aromatic rings. The average molecular weight is 522 g/mol. The first kappa shape index (κ1) is 24.6. The molecule has 1 heterocycles. The molecule has 5 nitrogen and oxygen atoms in total. The van der Waals surface area contributed by atoms with Gasteiger partial charge in [-0.05, 0) is 35.4 Å². The minimum absolute atomic E-state index is 0. The van der Waals surface area contributed by atoms with E-state index in [-0.39, 0.29) is 30.1 Å². The van der Waals surface area contributed by atoms with Crippen LogP contribution in [-0.4, -0.2) is 48.8 Å². The third-order valence-corrected chi connectivity index (χ3v) is 5.61. The molecule has 3 rings (SSSR count). The van der Waals surface area contributed by atoms with Crippen molar-refractivity contribution in [3.8, 4) is 0 Å². The van der Waals surface area contributed by atoms with Gasteiger partial charge in [0.25, 0.3) is 0 Å². The van der Waals surface area contributed by atoms with Gasteiger partial charge in [-0.1, -0.05) is 61.5 Å². The summed E-state index contributed by atoms with van der Waals surface area (Å²) in [5.74, 6) is 1.24. The topological polar surface area (TPSA) is 59.9 Å². The highest BCUT2D eigenvalue weighted by atomic mass is 127. The fraction of sp³-hybridized carbons (Fsp3) is 0.458. The lowest BCUT2D eigenvalue weighted by molar-refractivity contribution is 0.0792. The van der Waals surface area contributed by atoms with Gasteiger partial charge in [-0.25, -0.2) is 0 Å². The Bertz CT molecular complexity index is 759. The summed E-state index contributed by atoms with van der Waals surface area (Å²) >= 11 is 0. The van der Waals surface area contributed by atoms with E-state index in [2.05, 4.69) is 76.0 Å². The summed E-state index contributed by atoms with van der Waals surface area (Å²) in [4.78, 5) is 6.75. The van der Waals surface area contributed by atoms with Gasteiger partial charge >= 0.3 is 0 Å². The number of nitrogens with one attached hydrogen (secondary N) is 2. The Morgan fingerprint density at radius 3 is 2.30 bits per heavy atom. The van der Waals surface area contributed by atoms with Crippen molar-refractivity contribution in [3.05, 3.63) is 71.3 Å². The predicted octanol–water partition coefficient (Wildman–Crippen LogP) is 3.73. The van der Waals surface area contributed by atoms with Gasteiger partial charge in [0, 0.05) is 39.8 Å². The molecule has 1 atom stereocenters. The van der Waals surface area contributed by atoms with Crippen molar-refractivity contribution in [1.29, 1.82) is 0 Å². The fourth-order valence-electron chi connectivity index (χ4n) is 3.65. The number of guanidine groups is 1. The first-order chi connectivity index (χ1) is 14.1. The maximum absolute atomic E-state index is 9.63. The standard InChI is InChI=1S/C24H34N4O.HI/c1-19(22-6-4-3-5-7-22)16-26-24(25-2)27-17-20-8-10-21(11-9-20)18-28-14-12-23(29)13-15-28;/h3-11,19,23,29H,12-18H2,1-2H3,(H2,25,26,27);1H. The molecule has 2 aromatic carbocycles. The number of likely N-dealkylation sites (tertiary alicyclic amines) is 1. The second-order valence-corrected chi connectivity index (χ2v) is 7.94. The van der Waals surface area contributed by atoms with Crippen LogP contribution in [0.25, 0.3) is 0 Å². The van der Waals surface area contributed by atoms with Gasteiger partial charge < -0.3 is 15.7 Å². The molecule has 0 aliphatic carbocycles. The molecule has 3 N–H and O–H groups in total. The van der Waals surface area contributed by atoms with Crippen LogP contribution in [0.3, 0.4) is 0 Å². The first-order valence-corrected chi connectivity index (χ1v) is 10.6. The molecule has 1 aliphatic rings. The number of hydrogen-bond acceptors (Lipinski definition) is 3. The van der Waals surface area contributed by atoms with Gasteiger partial charge in [0.2, 0.25) is 0 Å². The number of aliphatic hydroxyl groups is 1. The van der Waals surface area contributed by atoms with Crippen molar-refractivity contribution in [3.63, 3.8) is 0 Å². The number of rotatable bonds is 7. The number of nitrogens with zero attached hydrogens (tertiary/aromatic N) is 2. The van der Waals surface area contributed by atoms with Gasteiger partial charge in [-0.3, -0.25) is 9.89 Å². The monoisotopic (exact) mass is 522 g/mol. The summed E-state index contributed by atoms with van der Waals surface area (Å²) in [5.41, 5.74) is 3.89. The summed E-state index contributed by atoms with van der Waals surface area (Å²) in [5, 5.41) is 16.4. The third-order valence-electron chi connectivity index (χ3n) is 5.61. The molecular formula is C24H35IN4O. The Labute approximate surface area is 198 Å². The van der Waals surface area contributed by atoms with Gasteiger partial charge in [-0.2, -0.15) is 0 Å². The van der Waals surface area contributed by atoms with E-state index in [0.717, 1.165) is 51.5 Å². The van der Waals surface area contributed by atoms with E-state index in [9.17, 15) is 5.11 Å². The molecular weight excluding hydrogens is 487 g/mol. The largest absolute Gasteiger partial charge is 0.393 e. The maximum atomic E-state index is 9.63. The summed E-state index contributed by atoms with van der Waals surface area (Å²) in [6.45, 7) is 6.73. The van der Waals surface area contributed by atoms with Crippen LogP contribution in [-0.2, 0) is 13.1 Å². The lowest BCUT2D eigenvalue weighted by Gasteiger charge is -2.29. The zero-order valence-corrected chi connectivity index (χ0v) is 20.4. The molecule has 0 radical (unpaired) electrons. The Morgan fingerprint density at radius 1 is 1.03 bits per heavy atom. The van der Waals surface area contributed by atoms with Crippen molar-refractivity contribution in [2.24, 2.45) is 4.99 Å². The summed E-state index contributed by atoms with van der Waals surface area (Å²) < 4.78 is 0. The van der Waals surface area contributed by atoms with E-state index in [4.69, 9.17) is 0 Å². The van der Waals surface area contributed by atoms with Crippen molar-refractivity contribution >= 4 is 29.9 Å². The van der Waals surface area contributed by atoms with Crippen molar-refractivity contribution in [1.82, 2.24) is 15.5 Å². The van der Waals surface area contributed by atoms with E-state index in [1.54, 1.807) is 7.05 Å². The van der Waals surface area contributed by atoms with Crippen LogP contribution in [0.4, 0.5) is 0 Å². The molecule has 0 spiro atoms. The molecule has 0 saturated carbocycles. The molecule has 1 unspecified atom stereocenters. The normalized spacial score (nSPS) is 16.6. The van der Waals surface area contributed by atoms with E-state index < -0.39 is 0 Å². The zero-order chi connectivity index (χ0) is 20.5. The molecule has 1 saturated heterocycles. The highest BCUT2D eigenvalue weighted by molar-refractivity contribution is 14.0. The van der Waals surface area contributed by atoms with Gasteiger partial charge in [0.15, 0.2) is 5.96 Å². The van der Waals surface area contributed by atoms with Crippen molar-refractivity contribution < 1.29 is 5.11 Å². The van der Waals surface area contributed by atoms with Crippen LogP contribution in [0.1, 0.15) is 42.4 Å². The van der Waals surface area contributed by atoms with Crippen LogP contribution in [0.2, 0.25) is 0 Å². The van der Waals surface area contributed by atoms with Crippen LogP contribution >= 0.6 is 24.0 Å². The van der Waals surface area contributed by atoms with Gasteiger partial charge in [0.1, 0.15) is 0 Å². The van der Waals surface area contributed by atoms with E-state index >= 15 is 0 Å². The molecule has 164 valence electrons. The molecule has 0 aromatic heterocycles. The van der Waals surface area contributed by atoms with Gasteiger partial charge in [-0.15, -0.1) is 24.0 Å². The second-order valence-electron chi connectivity index (χ2n) is 7.94. The highest BCUT2D eigenvalue weighted by Crippen LogP contribution is 2.15. The minimum Gasteiger partial charge on any atom is -0.393 e. The maximum Gasteiger partial charge on any atom is 0.191 e. The van der Waals surface area contributed by atoms with E-state index in [1.165, 1.54) is 16.7 Å². The van der Waals surface area contributed by atoms with Crippen LogP contribution in [0.15, 0.2) is 59.6 Å². The van der Waals surface area contributed by atoms with E-state index in [0.29, 0.717) is 5.92 Å². The fourth-order valence-corrected chi connectivity index (χ4v) is 3.65. The number of halogens is 1. The minimum atomic E-state index is -0.113. The number of aliphatic hydroxyl groups excluding tert-OH is 1. The molecule has 30 heavy (non-hydrogen) atoms. The molecule has 0 bridgehead atoms. The summed E-state index contributed by atoms with van der Waals surface area (Å²) in [6, 6.07) is 19.3. The molecule has 1 aliphatic heterocycles.